The van der Waals surface area contributed by atoms with Crippen molar-refractivity contribution in [2.24, 2.45) is 5.73 Å². The minimum atomic E-state index is -1.42. The normalized spacial score (nSPS) is 17.4. The van der Waals surface area contributed by atoms with E-state index in [1.807, 2.05) is 69.3 Å². The number of hydrogen-bond donors (Lipinski definition) is 4. The molecular formula is C33H44N6O5. The maximum atomic E-state index is 14.0. The van der Waals surface area contributed by atoms with Gasteiger partial charge >= 0.3 is 6.09 Å². The summed E-state index contributed by atoms with van der Waals surface area (Å²) in [5, 5.41) is 14.5. The second-order valence-electron chi connectivity index (χ2n) is 12.2. The smallest absolute Gasteiger partial charge is 0.418 e. The van der Waals surface area contributed by atoms with Crippen LogP contribution in [0.2, 0.25) is 0 Å². The molecule has 44 heavy (non-hydrogen) atoms. The zero-order valence-corrected chi connectivity index (χ0v) is 25.7. The number of carbonyl (C=O) groups excluding carboxylic acids is 3. The molecule has 4 atom stereocenters. The number of rotatable bonds is 12. The highest BCUT2D eigenvalue weighted by Crippen LogP contribution is 2.27. The lowest BCUT2D eigenvalue weighted by Crippen LogP contribution is -2.64. The first kappa shape index (κ1) is 32.8. The predicted octanol–water partition coefficient (Wildman–Crippen LogP) is 3.14. The molecule has 2 heterocycles. The van der Waals surface area contributed by atoms with Crippen molar-refractivity contribution >= 4 is 17.9 Å². The topological polar surface area (TPSA) is 154 Å². The molecule has 1 aliphatic heterocycles. The van der Waals surface area contributed by atoms with Crippen LogP contribution in [-0.2, 0) is 33.8 Å². The second-order valence-corrected chi connectivity index (χ2v) is 12.2. The number of aliphatic hydroxyl groups excluding tert-OH is 1. The molecule has 11 nitrogen and oxygen atoms in total. The van der Waals surface area contributed by atoms with Crippen LogP contribution in [0.1, 0.15) is 56.9 Å². The van der Waals surface area contributed by atoms with Gasteiger partial charge in [-0.2, -0.15) is 0 Å². The van der Waals surface area contributed by atoms with Gasteiger partial charge in [-0.1, -0.05) is 60.7 Å². The molecule has 3 aromatic rings. The fourth-order valence-electron chi connectivity index (χ4n) is 5.56. The van der Waals surface area contributed by atoms with E-state index in [0.717, 1.165) is 23.4 Å². The average Bonchev–Trinajstić information content (AvgIpc) is 3.72. The molecule has 2 aromatic carbocycles. The maximum Gasteiger partial charge on any atom is 0.418 e. The van der Waals surface area contributed by atoms with Crippen molar-refractivity contribution in [2.45, 2.75) is 89.4 Å². The fraction of sp³-hybridized carbons (Fsp3) is 0.455. The van der Waals surface area contributed by atoms with Crippen LogP contribution in [0.5, 0.6) is 0 Å². The molecule has 1 saturated heterocycles. The number of likely N-dealkylation sites (tertiary alicyclic amines) is 1. The van der Waals surface area contributed by atoms with Gasteiger partial charge in [0.2, 0.25) is 5.91 Å². The number of imide groups is 1. The first-order valence-corrected chi connectivity index (χ1v) is 15.1. The standard InChI is InChI=1S/C33H44N6O5/c1-33(2,3)38-18-10-15-27(38)30(41)37-29(28(40)17-16-23-11-6-4-7-12-23)39(31(42)26(34)19-25-20-35-22-36-25)32(43)44-21-24-13-8-5-9-14-24/h4-9,11-14,20,22,26-29,40H,10,15-19,21,34H2,1-3H3,(H,35,36)(H,37,41)/t26-,27+,28?,29?/m0/s1. The molecule has 2 unspecified atom stereocenters. The number of carbonyl (C=O) groups is 3. The molecule has 4 rings (SSSR count). The second kappa shape index (κ2) is 15.1. The Hall–Kier alpha value is -4.06. The van der Waals surface area contributed by atoms with Gasteiger partial charge in [0.1, 0.15) is 12.8 Å². The number of H-pyrrole nitrogens is 1. The minimum Gasteiger partial charge on any atom is -0.444 e. The van der Waals surface area contributed by atoms with Crippen LogP contribution in [-0.4, -0.2) is 79.2 Å². The van der Waals surface area contributed by atoms with Gasteiger partial charge in [-0.05, 0) is 64.1 Å². The van der Waals surface area contributed by atoms with Crippen LogP contribution >= 0.6 is 0 Å². The van der Waals surface area contributed by atoms with Gasteiger partial charge in [0.05, 0.1) is 24.5 Å². The van der Waals surface area contributed by atoms with Crippen molar-refractivity contribution in [2.75, 3.05) is 6.54 Å². The van der Waals surface area contributed by atoms with Crippen LogP contribution < -0.4 is 11.1 Å². The van der Waals surface area contributed by atoms with E-state index in [2.05, 4.69) is 20.2 Å². The zero-order chi connectivity index (χ0) is 31.7. The van der Waals surface area contributed by atoms with Gasteiger partial charge in [-0.15, -0.1) is 0 Å². The number of aliphatic hydroxyl groups is 1. The summed E-state index contributed by atoms with van der Waals surface area (Å²) in [5.41, 5.74) is 8.34. The van der Waals surface area contributed by atoms with E-state index in [1.54, 1.807) is 18.3 Å². The number of aromatic nitrogens is 2. The summed E-state index contributed by atoms with van der Waals surface area (Å²) in [6.07, 6.45) is 1.38. The van der Waals surface area contributed by atoms with E-state index < -0.39 is 36.4 Å². The molecule has 0 spiro atoms. The molecule has 0 bridgehead atoms. The van der Waals surface area contributed by atoms with Crippen molar-refractivity contribution in [3.63, 3.8) is 0 Å². The van der Waals surface area contributed by atoms with Crippen molar-refractivity contribution in [1.82, 2.24) is 25.1 Å². The molecular weight excluding hydrogens is 560 g/mol. The third-order valence-corrected chi connectivity index (χ3v) is 7.87. The molecule has 0 saturated carbocycles. The van der Waals surface area contributed by atoms with Gasteiger partial charge in [0.25, 0.3) is 5.91 Å². The maximum absolute atomic E-state index is 14.0. The predicted molar refractivity (Wildman–Crippen MR) is 166 cm³/mol. The Morgan fingerprint density at radius 3 is 2.39 bits per heavy atom. The Morgan fingerprint density at radius 2 is 1.77 bits per heavy atom. The number of aryl methyl sites for hydroxylation is 1. The molecule has 5 N–H and O–H groups in total. The fourth-order valence-corrected chi connectivity index (χ4v) is 5.56. The van der Waals surface area contributed by atoms with Crippen LogP contribution in [0.4, 0.5) is 4.79 Å². The average molecular weight is 605 g/mol. The van der Waals surface area contributed by atoms with Crippen LogP contribution in [0.15, 0.2) is 73.2 Å². The van der Waals surface area contributed by atoms with E-state index >= 15 is 0 Å². The van der Waals surface area contributed by atoms with Crippen LogP contribution in [0.25, 0.3) is 0 Å². The van der Waals surface area contributed by atoms with E-state index in [1.165, 1.54) is 6.33 Å². The molecule has 1 aromatic heterocycles. The SMILES string of the molecule is CC(C)(C)N1CCC[C@@H]1C(=O)NC(C(O)CCc1ccccc1)N(C(=O)OCc1ccccc1)C(=O)[C@@H](N)Cc1cnc[nH]1. The summed E-state index contributed by atoms with van der Waals surface area (Å²) in [6, 6.07) is 16.9. The summed E-state index contributed by atoms with van der Waals surface area (Å²) < 4.78 is 5.59. The highest BCUT2D eigenvalue weighted by Gasteiger charge is 2.43. The van der Waals surface area contributed by atoms with Gasteiger partial charge in [0.15, 0.2) is 0 Å². The van der Waals surface area contributed by atoms with Crippen molar-refractivity contribution < 1.29 is 24.2 Å². The quantitative estimate of drug-likeness (QED) is 0.230. The first-order chi connectivity index (χ1) is 21.0. The Labute approximate surface area is 258 Å². The molecule has 0 radical (unpaired) electrons. The molecule has 0 aliphatic carbocycles. The summed E-state index contributed by atoms with van der Waals surface area (Å²) in [5.74, 6) is -1.17. The number of ether oxygens (including phenoxy) is 1. The summed E-state index contributed by atoms with van der Waals surface area (Å²) in [6.45, 7) is 6.74. The number of aromatic amines is 1. The lowest BCUT2D eigenvalue weighted by Gasteiger charge is -2.39. The molecule has 1 fully saturated rings. The minimum absolute atomic E-state index is 0.0580. The van der Waals surface area contributed by atoms with Gasteiger partial charge < -0.3 is 25.9 Å². The third-order valence-electron chi connectivity index (χ3n) is 7.87. The van der Waals surface area contributed by atoms with Crippen molar-refractivity contribution in [3.05, 3.63) is 90.0 Å². The number of nitrogens with zero attached hydrogens (tertiary/aromatic N) is 3. The number of nitrogens with two attached hydrogens (primary N) is 1. The van der Waals surface area contributed by atoms with E-state index in [9.17, 15) is 19.5 Å². The van der Waals surface area contributed by atoms with E-state index in [0.29, 0.717) is 24.1 Å². The van der Waals surface area contributed by atoms with Crippen molar-refractivity contribution in [3.8, 4) is 0 Å². The van der Waals surface area contributed by atoms with E-state index in [4.69, 9.17) is 10.5 Å². The monoisotopic (exact) mass is 604 g/mol. The van der Waals surface area contributed by atoms with Crippen molar-refractivity contribution in [1.29, 1.82) is 0 Å². The Kier molecular flexibility index (Phi) is 11.3. The molecule has 236 valence electrons. The largest absolute Gasteiger partial charge is 0.444 e. The zero-order valence-electron chi connectivity index (χ0n) is 25.7. The molecule has 1 aliphatic rings. The van der Waals surface area contributed by atoms with Gasteiger partial charge in [-0.25, -0.2) is 14.7 Å². The van der Waals surface area contributed by atoms with E-state index in [-0.39, 0.29) is 30.9 Å². The van der Waals surface area contributed by atoms with Gasteiger partial charge in [0, 0.05) is 23.9 Å². The summed E-state index contributed by atoms with van der Waals surface area (Å²) >= 11 is 0. The Morgan fingerprint density at radius 1 is 1.11 bits per heavy atom. The number of hydrogen-bond acceptors (Lipinski definition) is 8. The lowest BCUT2D eigenvalue weighted by molar-refractivity contribution is -0.140. The molecule has 11 heteroatoms. The number of amides is 3. The lowest BCUT2D eigenvalue weighted by atomic mass is 10.0. The molecule has 3 amide bonds. The highest BCUT2D eigenvalue weighted by molar-refractivity contribution is 5.96. The first-order valence-electron chi connectivity index (χ1n) is 15.1. The number of benzene rings is 2. The number of imidazole rings is 1. The van der Waals surface area contributed by atoms with Gasteiger partial charge in [-0.3, -0.25) is 14.5 Å². The highest BCUT2D eigenvalue weighted by atomic mass is 16.6. The Balaban J connectivity index is 1.64. The summed E-state index contributed by atoms with van der Waals surface area (Å²) in [4.78, 5) is 51.3. The van der Waals surface area contributed by atoms with Crippen LogP contribution in [0.3, 0.4) is 0 Å². The number of nitrogens with one attached hydrogen (secondary N) is 2. The Bertz CT molecular complexity index is 1350. The van der Waals surface area contributed by atoms with Crippen LogP contribution in [0, 0.1) is 0 Å². The summed E-state index contributed by atoms with van der Waals surface area (Å²) in [7, 11) is 0. The third kappa shape index (κ3) is 8.75.